The molecular formula is C2Li2N2S3. The van der Waals surface area contributed by atoms with E-state index >= 15 is 0 Å². The molecule has 0 amide bonds. The molecule has 0 saturated carbocycles. The zero-order valence-electron chi connectivity index (χ0n) is 5.12. The van der Waals surface area contributed by atoms with Gasteiger partial charge in [-0.25, -0.2) is 0 Å². The summed E-state index contributed by atoms with van der Waals surface area (Å²) >= 11 is 10.3. The van der Waals surface area contributed by atoms with E-state index in [9.17, 15) is 0 Å². The number of aromatic nitrogens is 2. The zero-order chi connectivity index (χ0) is 5.28. The second-order valence-electron chi connectivity index (χ2n) is 0.843. The van der Waals surface area contributed by atoms with Crippen molar-refractivity contribution in [3.05, 3.63) is 0 Å². The number of hydrogen-bond donors (Lipinski definition) is 0. The van der Waals surface area contributed by atoms with E-state index in [1.807, 2.05) is 0 Å². The molecule has 0 saturated heterocycles. The van der Waals surface area contributed by atoms with Crippen LogP contribution in [0.25, 0.3) is 0 Å². The van der Waals surface area contributed by atoms with E-state index in [-0.39, 0.29) is 37.7 Å². The van der Waals surface area contributed by atoms with Gasteiger partial charge in [-0.3, -0.25) is 16.5 Å². The summed E-state index contributed by atoms with van der Waals surface area (Å²) in [4.78, 5) is 3.65. The van der Waals surface area contributed by atoms with Crippen LogP contribution in [0.1, 0.15) is 0 Å². The van der Waals surface area contributed by atoms with Gasteiger partial charge >= 0.3 is 37.7 Å². The molecule has 1 heterocycles. The predicted octanol–water partition coefficient (Wildman–Crippen LogP) is -5.64. The van der Waals surface area contributed by atoms with Gasteiger partial charge in [0.1, 0.15) is 0 Å². The molecule has 0 aliphatic heterocycles. The van der Waals surface area contributed by atoms with Crippen molar-refractivity contribution >= 4 is 36.8 Å². The molecule has 0 atom stereocenters. The summed E-state index contributed by atoms with van der Waals surface area (Å²) in [5.74, 6) is 0. The predicted molar refractivity (Wildman–Crippen MR) is 31.2 cm³/mol. The molecule has 0 aliphatic carbocycles. The zero-order valence-corrected chi connectivity index (χ0v) is 7.57. The van der Waals surface area contributed by atoms with E-state index in [4.69, 9.17) is 0 Å². The van der Waals surface area contributed by atoms with Gasteiger partial charge in [0, 0.05) is 0 Å². The standard InChI is InChI=1S/C2H2N2S3.2Li/c5-1-3-2(6)7-4-1;;/h(H2,3,4,5,6);;/q;2*+1/p-2. The summed E-state index contributed by atoms with van der Waals surface area (Å²) < 4.78 is 4.18. The molecule has 0 aliphatic rings. The molecule has 2 nitrogen and oxygen atoms in total. The molecule has 0 unspecified atom stereocenters. The molecule has 1 aromatic rings. The van der Waals surface area contributed by atoms with Gasteiger partial charge in [-0.15, -0.1) is 0 Å². The maximum absolute atomic E-state index is 4.61. The number of hydrogen-bond acceptors (Lipinski definition) is 5. The largest absolute Gasteiger partial charge is 1.00 e. The number of rotatable bonds is 0. The van der Waals surface area contributed by atoms with E-state index in [1.54, 1.807) is 0 Å². The molecule has 1 aromatic heterocycles. The second-order valence-corrected chi connectivity index (χ2v) is 2.60. The van der Waals surface area contributed by atoms with Crippen LogP contribution in [0.15, 0.2) is 9.50 Å². The Morgan fingerprint density at radius 3 is 1.89 bits per heavy atom. The summed E-state index contributed by atoms with van der Waals surface area (Å²) in [6.07, 6.45) is 0. The maximum Gasteiger partial charge on any atom is 1.00 e. The molecule has 0 bridgehead atoms. The Balaban J connectivity index is 0. The summed E-state index contributed by atoms with van der Waals surface area (Å²) in [6.45, 7) is 0. The molecule has 0 spiro atoms. The first-order valence-electron chi connectivity index (χ1n) is 1.47. The fourth-order valence-electron chi connectivity index (χ4n) is 0.197. The molecule has 9 heavy (non-hydrogen) atoms. The van der Waals surface area contributed by atoms with Crippen LogP contribution in [0.2, 0.25) is 0 Å². The van der Waals surface area contributed by atoms with E-state index < -0.39 is 0 Å². The third-order valence-corrected chi connectivity index (χ3v) is 1.51. The van der Waals surface area contributed by atoms with E-state index in [0.29, 0.717) is 9.50 Å². The van der Waals surface area contributed by atoms with Crippen molar-refractivity contribution in [1.29, 1.82) is 0 Å². The summed E-state index contributed by atoms with van der Waals surface area (Å²) in [5, 5.41) is 0.356. The fourth-order valence-corrected chi connectivity index (χ4v) is 1.04. The van der Waals surface area contributed by atoms with Crippen LogP contribution in [-0.2, 0) is 25.3 Å². The van der Waals surface area contributed by atoms with Crippen molar-refractivity contribution in [3.8, 4) is 0 Å². The Labute approximate surface area is 92.6 Å². The molecular weight excluding hydrogens is 162 g/mol. The van der Waals surface area contributed by atoms with Crippen LogP contribution in [0.5, 0.6) is 0 Å². The van der Waals surface area contributed by atoms with E-state index in [1.165, 1.54) is 0 Å². The van der Waals surface area contributed by atoms with Crippen molar-refractivity contribution < 1.29 is 37.7 Å². The quantitative estimate of drug-likeness (QED) is 0.280. The minimum Gasteiger partial charge on any atom is -0.741 e. The number of nitrogens with zero attached hydrogens (tertiary/aromatic N) is 2. The minimum atomic E-state index is 0. The average molecular weight is 162 g/mol. The van der Waals surface area contributed by atoms with Crippen molar-refractivity contribution in [1.82, 2.24) is 9.36 Å². The smallest absolute Gasteiger partial charge is 0.741 e. The minimum absolute atomic E-state index is 0. The first-order chi connectivity index (χ1) is 3.29. The normalized spacial score (nSPS) is 7.11. The first kappa shape index (κ1) is 12.8. The third-order valence-electron chi connectivity index (χ3n) is 0.389. The van der Waals surface area contributed by atoms with Crippen molar-refractivity contribution in [2.24, 2.45) is 0 Å². The molecule has 1 rings (SSSR count). The van der Waals surface area contributed by atoms with Gasteiger partial charge in [0.2, 0.25) is 0 Å². The summed E-state index contributed by atoms with van der Waals surface area (Å²) in [5.41, 5.74) is 0. The van der Waals surface area contributed by atoms with Gasteiger partial charge in [-0.05, 0) is 9.50 Å². The Kier molecular flexibility index (Phi) is 8.47. The van der Waals surface area contributed by atoms with E-state index in [0.717, 1.165) is 11.5 Å². The molecule has 0 aromatic carbocycles. The Morgan fingerprint density at radius 2 is 1.78 bits per heavy atom. The van der Waals surface area contributed by atoms with Crippen LogP contribution in [-0.4, -0.2) is 9.36 Å². The Bertz CT molecular complexity index is 150. The SMILES string of the molecule is [Li+].[Li+].[S-]c1nsc([S-])n1. The van der Waals surface area contributed by atoms with Gasteiger partial charge in [0.05, 0.1) is 0 Å². The third kappa shape index (κ3) is 4.58. The van der Waals surface area contributed by atoms with Crippen LogP contribution in [0.4, 0.5) is 0 Å². The molecule has 7 heteroatoms. The van der Waals surface area contributed by atoms with Crippen molar-refractivity contribution in [3.63, 3.8) is 0 Å². The van der Waals surface area contributed by atoms with Gasteiger partial charge in [0.15, 0.2) is 0 Å². The van der Waals surface area contributed by atoms with Gasteiger partial charge in [-0.1, -0.05) is 0 Å². The van der Waals surface area contributed by atoms with Crippen molar-refractivity contribution in [2.75, 3.05) is 0 Å². The van der Waals surface area contributed by atoms with Crippen LogP contribution >= 0.6 is 11.5 Å². The van der Waals surface area contributed by atoms with Crippen molar-refractivity contribution in [2.45, 2.75) is 9.50 Å². The molecule has 0 fully saturated rings. The molecule has 38 valence electrons. The van der Waals surface area contributed by atoms with Gasteiger partial charge < -0.3 is 29.6 Å². The summed E-state index contributed by atoms with van der Waals surface area (Å²) in [7, 11) is 0. The summed E-state index contributed by atoms with van der Waals surface area (Å²) in [6, 6.07) is 0. The van der Waals surface area contributed by atoms with Gasteiger partial charge in [-0.2, -0.15) is 0 Å². The monoisotopic (exact) mass is 162 g/mol. The van der Waals surface area contributed by atoms with Crippen LogP contribution < -0.4 is 37.7 Å². The molecule has 0 N–H and O–H groups in total. The van der Waals surface area contributed by atoms with Crippen LogP contribution in [0, 0.1) is 0 Å². The topological polar surface area (TPSA) is 25.8 Å². The van der Waals surface area contributed by atoms with Gasteiger partial charge in [0.25, 0.3) is 0 Å². The van der Waals surface area contributed by atoms with Crippen LogP contribution in [0.3, 0.4) is 0 Å². The second kappa shape index (κ2) is 5.94. The fraction of sp³-hybridized carbons (Fsp3) is 0. The first-order valence-corrected chi connectivity index (χ1v) is 3.06. The Hall–Kier alpha value is 1.19. The Morgan fingerprint density at radius 1 is 1.22 bits per heavy atom. The van der Waals surface area contributed by atoms with E-state index in [2.05, 4.69) is 34.6 Å². The molecule has 0 radical (unpaired) electrons. The average Bonchev–Trinajstić information content (AvgIpc) is 1.87. The maximum atomic E-state index is 4.61.